The monoisotopic (exact) mass is 387 g/mol. The van der Waals surface area contributed by atoms with Crippen LogP contribution in [-0.2, 0) is 9.53 Å². The number of carboxylic acids is 1. The minimum atomic E-state index is -0.737. The summed E-state index contributed by atoms with van der Waals surface area (Å²) in [4.78, 5) is 26.0. The fourth-order valence-corrected chi connectivity index (χ4v) is 3.86. The number of hydrogen-bond donors (Lipinski definition) is 3. The van der Waals surface area contributed by atoms with Gasteiger partial charge >= 0.3 is 12.1 Å². The molecule has 0 saturated heterocycles. The molecule has 0 saturated carbocycles. The highest BCUT2D eigenvalue weighted by Gasteiger charge is 2.29. The standard InChI is InChI=1S/C16H27N3O4S.C2H6/c1-16(2,3)23-15(22)18-14-17-11-6-9-19(8-4-5-13(20)21)10-7-12(11)24-14;1-2/h14,17H,4-10H2,1-3H3,(H,18,22)(H,20,21);1-2H3. The molecule has 0 aromatic heterocycles. The van der Waals surface area contributed by atoms with E-state index in [-0.39, 0.29) is 11.9 Å². The van der Waals surface area contributed by atoms with E-state index in [4.69, 9.17) is 9.84 Å². The van der Waals surface area contributed by atoms with Gasteiger partial charge in [-0.2, -0.15) is 0 Å². The third-order valence-electron chi connectivity index (χ3n) is 3.75. The maximum absolute atomic E-state index is 11.9. The van der Waals surface area contributed by atoms with E-state index in [1.54, 1.807) is 11.8 Å². The van der Waals surface area contributed by atoms with E-state index in [1.165, 1.54) is 10.6 Å². The molecule has 1 unspecified atom stereocenters. The lowest BCUT2D eigenvalue weighted by Crippen LogP contribution is -2.43. The van der Waals surface area contributed by atoms with Crippen LogP contribution in [0.1, 0.15) is 60.3 Å². The molecule has 8 heteroatoms. The van der Waals surface area contributed by atoms with Crippen molar-refractivity contribution in [3.63, 3.8) is 0 Å². The number of carbonyl (C=O) groups is 2. The highest BCUT2D eigenvalue weighted by molar-refractivity contribution is 8.03. The average Bonchev–Trinajstić information content (AvgIpc) is 2.81. The van der Waals surface area contributed by atoms with Gasteiger partial charge in [0.05, 0.1) is 0 Å². The molecule has 26 heavy (non-hydrogen) atoms. The molecule has 7 nitrogen and oxygen atoms in total. The predicted molar refractivity (Wildman–Crippen MR) is 105 cm³/mol. The lowest BCUT2D eigenvalue weighted by molar-refractivity contribution is -0.137. The fraction of sp³-hybridized carbons (Fsp3) is 0.778. The summed E-state index contributed by atoms with van der Waals surface area (Å²) in [5.41, 5.74) is 0.499. The number of thioether (sulfide) groups is 1. The van der Waals surface area contributed by atoms with Gasteiger partial charge in [-0.05, 0) is 40.2 Å². The van der Waals surface area contributed by atoms with E-state index in [0.717, 1.165) is 32.5 Å². The van der Waals surface area contributed by atoms with Gasteiger partial charge in [0, 0.05) is 36.5 Å². The molecule has 1 atom stereocenters. The molecule has 0 radical (unpaired) electrons. The zero-order chi connectivity index (χ0) is 19.7. The number of aliphatic carboxylic acids is 1. The van der Waals surface area contributed by atoms with E-state index >= 15 is 0 Å². The summed E-state index contributed by atoms with van der Waals surface area (Å²) < 4.78 is 5.28. The van der Waals surface area contributed by atoms with Crippen LogP contribution in [0.3, 0.4) is 0 Å². The summed E-state index contributed by atoms with van der Waals surface area (Å²) in [6.07, 6.45) is 2.30. The van der Waals surface area contributed by atoms with Crippen LogP contribution >= 0.6 is 11.8 Å². The average molecular weight is 388 g/mol. The predicted octanol–water partition coefficient (Wildman–Crippen LogP) is 3.33. The van der Waals surface area contributed by atoms with Gasteiger partial charge < -0.3 is 20.1 Å². The highest BCUT2D eigenvalue weighted by Crippen LogP contribution is 2.35. The number of alkyl carbamates (subject to hydrolysis) is 1. The Kier molecular flexibility index (Phi) is 9.29. The van der Waals surface area contributed by atoms with E-state index in [0.29, 0.717) is 6.42 Å². The zero-order valence-electron chi connectivity index (χ0n) is 16.6. The minimum absolute atomic E-state index is 0.177. The van der Waals surface area contributed by atoms with Crippen LogP contribution in [0.15, 0.2) is 10.6 Å². The van der Waals surface area contributed by atoms with Gasteiger partial charge in [0.25, 0.3) is 0 Å². The maximum atomic E-state index is 11.9. The quantitative estimate of drug-likeness (QED) is 0.666. The number of carbonyl (C=O) groups excluding carboxylic acids is 1. The summed E-state index contributed by atoms with van der Waals surface area (Å²) in [5, 5.41) is 14.9. The van der Waals surface area contributed by atoms with E-state index in [1.807, 2.05) is 34.6 Å². The van der Waals surface area contributed by atoms with Crippen LogP contribution in [0, 0.1) is 0 Å². The molecule has 0 aliphatic carbocycles. The number of rotatable bonds is 5. The molecule has 2 aliphatic rings. The molecule has 2 aliphatic heterocycles. The van der Waals surface area contributed by atoms with Gasteiger partial charge in [-0.3, -0.25) is 10.1 Å². The van der Waals surface area contributed by atoms with E-state index in [2.05, 4.69) is 15.5 Å². The van der Waals surface area contributed by atoms with Gasteiger partial charge in [-0.1, -0.05) is 25.6 Å². The Bertz CT molecular complexity index is 497. The second kappa shape index (κ2) is 10.7. The maximum Gasteiger partial charge on any atom is 0.409 e. The van der Waals surface area contributed by atoms with Crippen molar-refractivity contribution in [1.29, 1.82) is 0 Å². The topological polar surface area (TPSA) is 90.9 Å². The molecule has 150 valence electrons. The molecule has 1 amide bonds. The van der Waals surface area contributed by atoms with E-state index < -0.39 is 17.7 Å². The first-order valence-electron chi connectivity index (χ1n) is 9.32. The Labute approximate surface area is 160 Å². The van der Waals surface area contributed by atoms with Gasteiger partial charge in [0.2, 0.25) is 0 Å². The molecule has 0 fully saturated rings. The molecule has 2 heterocycles. The smallest absolute Gasteiger partial charge is 0.409 e. The molecular formula is C18H33N3O4S. The van der Waals surface area contributed by atoms with Crippen molar-refractivity contribution in [3.8, 4) is 0 Å². The Morgan fingerprint density at radius 1 is 1.31 bits per heavy atom. The number of hydrogen-bond acceptors (Lipinski definition) is 6. The van der Waals surface area contributed by atoms with Crippen LogP contribution < -0.4 is 10.6 Å². The first-order chi connectivity index (χ1) is 12.2. The number of carboxylic acid groups (broad SMARTS) is 1. The Morgan fingerprint density at radius 2 is 1.96 bits per heavy atom. The molecule has 0 aromatic carbocycles. The normalized spacial score (nSPS) is 20.3. The Balaban J connectivity index is 0.00000163. The number of ether oxygens (including phenoxy) is 1. The fourth-order valence-electron chi connectivity index (χ4n) is 2.70. The van der Waals surface area contributed by atoms with Gasteiger partial charge in [0.1, 0.15) is 5.60 Å². The van der Waals surface area contributed by atoms with Crippen molar-refractivity contribution in [3.05, 3.63) is 10.6 Å². The van der Waals surface area contributed by atoms with Crippen LogP contribution in [0.25, 0.3) is 0 Å². The lowest BCUT2D eigenvalue weighted by Gasteiger charge is -2.23. The highest BCUT2D eigenvalue weighted by atomic mass is 32.2. The summed E-state index contributed by atoms with van der Waals surface area (Å²) in [7, 11) is 0. The first-order valence-corrected chi connectivity index (χ1v) is 10.2. The van der Waals surface area contributed by atoms with Crippen molar-refractivity contribution in [1.82, 2.24) is 15.5 Å². The van der Waals surface area contributed by atoms with Gasteiger partial charge in [-0.25, -0.2) is 4.79 Å². The third-order valence-corrected chi connectivity index (χ3v) is 4.95. The molecule has 2 rings (SSSR count). The number of nitrogens with zero attached hydrogens (tertiary/aromatic N) is 1. The third kappa shape index (κ3) is 8.31. The second-order valence-electron chi connectivity index (χ2n) is 7.03. The Hall–Kier alpha value is -1.41. The largest absolute Gasteiger partial charge is 0.481 e. The van der Waals surface area contributed by atoms with E-state index in [9.17, 15) is 9.59 Å². The van der Waals surface area contributed by atoms with Gasteiger partial charge in [-0.15, -0.1) is 0 Å². The molecule has 0 spiro atoms. The van der Waals surface area contributed by atoms with Crippen LogP contribution in [-0.4, -0.2) is 52.8 Å². The van der Waals surface area contributed by atoms with Gasteiger partial charge in [0.15, 0.2) is 5.50 Å². The molecule has 0 aromatic rings. The summed E-state index contributed by atoms with van der Waals surface area (Å²) in [6.45, 7) is 12.2. The van der Waals surface area contributed by atoms with Crippen molar-refractivity contribution >= 4 is 23.8 Å². The van der Waals surface area contributed by atoms with Crippen LogP contribution in [0.5, 0.6) is 0 Å². The van der Waals surface area contributed by atoms with Crippen molar-refractivity contribution < 1.29 is 19.4 Å². The molecule has 3 N–H and O–H groups in total. The first kappa shape index (κ1) is 22.6. The Morgan fingerprint density at radius 3 is 2.58 bits per heavy atom. The van der Waals surface area contributed by atoms with Crippen LogP contribution in [0.4, 0.5) is 4.79 Å². The number of nitrogens with one attached hydrogen (secondary N) is 2. The molecule has 0 bridgehead atoms. The summed E-state index contributed by atoms with van der Waals surface area (Å²) >= 11 is 1.63. The van der Waals surface area contributed by atoms with Crippen molar-refractivity contribution in [2.24, 2.45) is 0 Å². The summed E-state index contributed by atoms with van der Waals surface area (Å²) in [5.74, 6) is -0.737. The van der Waals surface area contributed by atoms with Crippen molar-refractivity contribution in [2.75, 3.05) is 19.6 Å². The lowest BCUT2D eigenvalue weighted by atomic mass is 10.2. The van der Waals surface area contributed by atoms with Crippen LogP contribution in [0.2, 0.25) is 0 Å². The zero-order valence-corrected chi connectivity index (χ0v) is 17.4. The summed E-state index contributed by atoms with van der Waals surface area (Å²) in [6, 6.07) is 0. The SMILES string of the molecule is CC.CC(C)(C)OC(=O)NC1NC2=C(CCN(CCCC(=O)O)CC2)S1. The molecular weight excluding hydrogens is 354 g/mol. The minimum Gasteiger partial charge on any atom is -0.481 e. The number of amides is 1. The van der Waals surface area contributed by atoms with Crippen molar-refractivity contribution in [2.45, 2.75) is 71.4 Å². The second-order valence-corrected chi connectivity index (χ2v) is 8.23.